The topological polar surface area (TPSA) is 73.1 Å². The van der Waals surface area contributed by atoms with Crippen LogP contribution in [-0.4, -0.2) is 82.7 Å². The molecule has 1 atom stereocenters. The Balaban J connectivity index is 0.00000144. The first-order chi connectivity index (χ1) is 5.75. The van der Waals surface area contributed by atoms with E-state index >= 15 is 0 Å². The van der Waals surface area contributed by atoms with E-state index in [-0.39, 0.29) is 42.6 Å². The molecule has 0 aromatic carbocycles. The van der Waals surface area contributed by atoms with Crippen LogP contribution in [0.3, 0.4) is 0 Å². The summed E-state index contributed by atoms with van der Waals surface area (Å²) in [5, 5.41) is 17.4. The second-order valence-electron chi connectivity index (χ2n) is 2.63. The van der Waals surface area contributed by atoms with Crippen molar-refractivity contribution < 1.29 is 15.0 Å². The van der Waals surface area contributed by atoms with Gasteiger partial charge in [0.15, 0.2) is 0 Å². The maximum atomic E-state index is 10.7. The second-order valence-corrected chi connectivity index (χ2v) is 2.63. The number of aliphatic carboxylic acids is 1. The number of nitrogens with zero attached hydrogens (tertiary/aromatic N) is 2. The van der Waals surface area contributed by atoms with Crippen LogP contribution < -0.4 is 0 Å². The van der Waals surface area contributed by atoms with E-state index in [2.05, 4.69) is 4.99 Å². The third-order valence-corrected chi connectivity index (χ3v) is 1.81. The SMILES string of the molecule is O=C(O)C(CCO)N1C=NCC1.[Na]. The summed E-state index contributed by atoms with van der Waals surface area (Å²) in [5.74, 6) is -0.905. The van der Waals surface area contributed by atoms with E-state index in [1.54, 1.807) is 4.90 Å². The fraction of sp³-hybridized carbons (Fsp3) is 0.714. The molecule has 69 valence electrons. The summed E-state index contributed by atoms with van der Waals surface area (Å²) in [6.45, 7) is 1.17. The molecule has 0 bridgehead atoms. The first kappa shape index (κ1) is 12.9. The molecule has 1 radical (unpaired) electrons. The Morgan fingerprint density at radius 2 is 2.38 bits per heavy atom. The van der Waals surface area contributed by atoms with Crippen LogP contribution in [0.25, 0.3) is 0 Å². The van der Waals surface area contributed by atoms with Crippen LogP contribution in [0.2, 0.25) is 0 Å². The van der Waals surface area contributed by atoms with Crippen molar-refractivity contribution in [2.24, 2.45) is 4.99 Å². The normalized spacial score (nSPS) is 16.8. The molecule has 1 heterocycles. The van der Waals surface area contributed by atoms with Crippen LogP contribution in [0.5, 0.6) is 0 Å². The maximum absolute atomic E-state index is 10.7. The van der Waals surface area contributed by atoms with E-state index in [0.717, 1.165) is 0 Å². The number of carboxylic acid groups (broad SMARTS) is 1. The standard InChI is InChI=1S/C7H12N2O3.Na/c10-4-1-6(7(11)12)9-3-2-8-5-9;/h5-6,10H,1-4H2,(H,11,12);. The minimum Gasteiger partial charge on any atom is -0.480 e. The van der Waals surface area contributed by atoms with Gasteiger partial charge in [0.1, 0.15) is 6.04 Å². The molecular formula is C7H12N2NaO3. The summed E-state index contributed by atoms with van der Waals surface area (Å²) >= 11 is 0. The predicted octanol–water partition coefficient (Wildman–Crippen LogP) is -1.21. The van der Waals surface area contributed by atoms with Crippen LogP contribution in [-0.2, 0) is 4.79 Å². The fourth-order valence-electron chi connectivity index (χ4n) is 1.18. The number of aliphatic hydroxyl groups is 1. The Hall–Kier alpha value is -0.100. The zero-order chi connectivity index (χ0) is 8.97. The molecule has 0 aromatic heterocycles. The molecule has 13 heavy (non-hydrogen) atoms. The van der Waals surface area contributed by atoms with E-state index in [1.165, 1.54) is 6.34 Å². The van der Waals surface area contributed by atoms with E-state index in [9.17, 15) is 4.79 Å². The molecule has 0 amide bonds. The third-order valence-electron chi connectivity index (χ3n) is 1.81. The van der Waals surface area contributed by atoms with Gasteiger partial charge in [-0.2, -0.15) is 0 Å². The number of carboxylic acids is 1. The summed E-state index contributed by atoms with van der Waals surface area (Å²) in [7, 11) is 0. The third kappa shape index (κ3) is 3.64. The average Bonchev–Trinajstić information content (AvgIpc) is 2.51. The van der Waals surface area contributed by atoms with Crippen molar-refractivity contribution in [2.45, 2.75) is 12.5 Å². The van der Waals surface area contributed by atoms with E-state index in [1.807, 2.05) is 0 Å². The van der Waals surface area contributed by atoms with Crippen molar-refractivity contribution in [2.75, 3.05) is 19.7 Å². The Kier molecular flexibility index (Phi) is 6.32. The molecule has 1 unspecified atom stereocenters. The van der Waals surface area contributed by atoms with Gasteiger partial charge in [-0.1, -0.05) is 0 Å². The van der Waals surface area contributed by atoms with Gasteiger partial charge in [-0.25, -0.2) is 4.79 Å². The van der Waals surface area contributed by atoms with E-state index in [0.29, 0.717) is 13.1 Å². The smallest absolute Gasteiger partial charge is 0.326 e. The number of aliphatic imine (C=N–C) groups is 1. The molecule has 6 heteroatoms. The molecule has 1 aliphatic heterocycles. The molecular weight excluding hydrogens is 183 g/mol. The van der Waals surface area contributed by atoms with Gasteiger partial charge in [-0.15, -0.1) is 0 Å². The van der Waals surface area contributed by atoms with Crippen molar-refractivity contribution >= 4 is 41.9 Å². The molecule has 1 aliphatic rings. The van der Waals surface area contributed by atoms with Gasteiger partial charge >= 0.3 is 5.97 Å². The van der Waals surface area contributed by atoms with Gasteiger partial charge in [0.25, 0.3) is 0 Å². The number of carbonyl (C=O) groups is 1. The van der Waals surface area contributed by atoms with Crippen molar-refractivity contribution in [3.8, 4) is 0 Å². The van der Waals surface area contributed by atoms with Crippen LogP contribution >= 0.6 is 0 Å². The summed E-state index contributed by atoms with van der Waals surface area (Å²) < 4.78 is 0. The molecule has 0 saturated heterocycles. The first-order valence-corrected chi connectivity index (χ1v) is 3.85. The average molecular weight is 195 g/mol. The Labute approximate surface area is 98.7 Å². The molecule has 0 spiro atoms. The van der Waals surface area contributed by atoms with E-state index in [4.69, 9.17) is 10.2 Å². The van der Waals surface area contributed by atoms with E-state index < -0.39 is 12.0 Å². The van der Waals surface area contributed by atoms with Crippen molar-refractivity contribution in [1.29, 1.82) is 0 Å². The van der Waals surface area contributed by atoms with Crippen LogP contribution in [0, 0.1) is 0 Å². The quantitative estimate of drug-likeness (QED) is 0.552. The number of aliphatic hydroxyl groups excluding tert-OH is 1. The summed E-state index contributed by atoms with van der Waals surface area (Å²) in [4.78, 5) is 16.2. The number of rotatable bonds is 4. The summed E-state index contributed by atoms with van der Waals surface area (Å²) in [6, 6.07) is -0.624. The van der Waals surface area contributed by atoms with Gasteiger partial charge < -0.3 is 15.1 Å². The van der Waals surface area contributed by atoms with Crippen LogP contribution in [0.4, 0.5) is 0 Å². The van der Waals surface area contributed by atoms with Gasteiger partial charge in [0.2, 0.25) is 0 Å². The van der Waals surface area contributed by atoms with Crippen molar-refractivity contribution in [3.05, 3.63) is 0 Å². The molecule has 2 N–H and O–H groups in total. The molecule has 0 aromatic rings. The van der Waals surface area contributed by atoms with Crippen LogP contribution in [0.1, 0.15) is 6.42 Å². The first-order valence-electron chi connectivity index (χ1n) is 3.85. The summed E-state index contributed by atoms with van der Waals surface area (Å²) in [5.41, 5.74) is 0. The Morgan fingerprint density at radius 1 is 1.69 bits per heavy atom. The zero-order valence-corrected chi connectivity index (χ0v) is 9.68. The van der Waals surface area contributed by atoms with Gasteiger partial charge in [0, 0.05) is 49.1 Å². The zero-order valence-electron chi connectivity index (χ0n) is 7.68. The second kappa shape index (κ2) is 6.37. The van der Waals surface area contributed by atoms with Crippen molar-refractivity contribution in [3.63, 3.8) is 0 Å². The van der Waals surface area contributed by atoms with Gasteiger partial charge in [-0.3, -0.25) is 4.99 Å². The molecule has 0 saturated carbocycles. The molecule has 0 aliphatic carbocycles. The minimum atomic E-state index is -0.905. The predicted molar refractivity (Wildman–Crippen MR) is 48.9 cm³/mol. The molecule has 0 fully saturated rings. The van der Waals surface area contributed by atoms with Crippen LogP contribution in [0.15, 0.2) is 4.99 Å². The monoisotopic (exact) mass is 195 g/mol. The number of hydrogen-bond acceptors (Lipinski definition) is 4. The largest absolute Gasteiger partial charge is 0.480 e. The maximum Gasteiger partial charge on any atom is 0.326 e. The Morgan fingerprint density at radius 3 is 2.77 bits per heavy atom. The fourth-order valence-corrected chi connectivity index (χ4v) is 1.18. The van der Waals surface area contributed by atoms with Gasteiger partial charge in [0.05, 0.1) is 12.9 Å². The molecule has 1 rings (SSSR count). The number of hydrogen-bond donors (Lipinski definition) is 2. The van der Waals surface area contributed by atoms with Gasteiger partial charge in [-0.05, 0) is 0 Å². The van der Waals surface area contributed by atoms with Crippen molar-refractivity contribution in [1.82, 2.24) is 4.90 Å². The molecule has 5 nitrogen and oxygen atoms in total. The Bertz CT molecular complexity index is 198. The summed E-state index contributed by atoms with van der Waals surface area (Å²) in [6.07, 6.45) is 1.79. The minimum absolute atomic E-state index is 0.